The third-order valence-corrected chi connectivity index (χ3v) is 6.39. The molecule has 170 valence electrons. The largest absolute Gasteiger partial charge is 0.451 e. The Kier molecular flexibility index (Phi) is 6.95. The average Bonchev–Trinajstić information content (AvgIpc) is 2.76. The van der Waals surface area contributed by atoms with E-state index >= 15 is 0 Å². The number of para-hydroxylation sites is 2. The Labute approximate surface area is 186 Å². The highest BCUT2D eigenvalue weighted by Crippen LogP contribution is 2.29. The van der Waals surface area contributed by atoms with Crippen LogP contribution >= 0.6 is 0 Å². The van der Waals surface area contributed by atoms with Crippen molar-refractivity contribution < 1.29 is 27.5 Å². The van der Waals surface area contributed by atoms with Gasteiger partial charge in [0.2, 0.25) is 15.9 Å². The molecule has 1 heterocycles. The van der Waals surface area contributed by atoms with Crippen LogP contribution in [0.25, 0.3) is 0 Å². The Morgan fingerprint density at radius 1 is 1.03 bits per heavy atom. The summed E-state index contributed by atoms with van der Waals surface area (Å²) in [5.74, 6) is -2.28. The molecule has 3 rings (SSSR count). The molecule has 2 aromatic rings. The highest BCUT2D eigenvalue weighted by atomic mass is 32.2. The van der Waals surface area contributed by atoms with Gasteiger partial charge in [-0.1, -0.05) is 44.2 Å². The number of carbonyl (C=O) groups is 3. The molecule has 2 N–H and O–H groups in total. The molecule has 0 radical (unpaired) electrons. The van der Waals surface area contributed by atoms with Gasteiger partial charge < -0.3 is 10.1 Å². The second-order valence-electron chi connectivity index (χ2n) is 7.72. The Morgan fingerprint density at radius 3 is 2.31 bits per heavy atom. The molecule has 1 aliphatic rings. The molecule has 2 aromatic carbocycles. The standard InChI is InChI=1S/C22H25N3O6S/c1-14(2)20(24-32(29,30)16-9-5-4-6-10-16)22(28)31-15(3)21(27)25-13-19(26)23-17-11-7-8-12-18(17)25/h4-12,14-15,20,24H,13H2,1-3H3,(H,23,26)/t15-,20-/m0/s1. The number of rotatable bonds is 7. The van der Waals surface area contributed by atoms with E-state index in [2.05, 4.69) is 10.0 Å². The van der Waals surface area contributed by atoms with E-state index in [0.29, 0.717) is 11.4 Å². The third kappa shape index (κ3) is 5.14. The summed E-state index contributed by atoms with van der Waals surface area (Å²) in [5.41, 5.74) is 0.969. The second kappa shape index (κ2) is 9.49. The number of hydrogen-bond donors (Lipinski definition) is 2. The van der Waals surface area contributed by atoms with E-state index in [1.54, 1.807) is 56.3 Å². The molecule has 0 bridgehead atoms. The summed E-state index contributed by atoms with van der Waals surface area (Å²) >= 11 is 0. The van der Waals surface area contributed by atoms with Crippen LogP contribution in [0.5, 0.6) is 0 Å². The average molecular weight is 460 g/mol. The fourth-order valence-corrected chi connectivity index (χ4v) is 4.59. The van der Waals surface area contributed by atoms with Crippen LogP contribution in [0, 0.1) is 5.92 Å². The van der Waals surface area contributed by atoms with Crippen LogP contribution < -0.4 is 14.9 Å². The van der Waals surface area contributed by atoms with Gasteiger partial charge in [0.25, 0.3) is 5.91 Å². The van der Waals surface area contributed by atoms with Gasteiger partial charge in [0, 0.05) is 0 Å². The quantitative estimate of drug-likeness (QED) is 0.610. The Hall–Kier alpha value is -3.24. The summed E-state index contributed by atoms with van der Waals surface area (Å²) in [6.45, 7) is 4.50. The SMILES string of the molecule is CC(C)[C@H](NS(=O)(=O)c1ccccc1)C(=O)O[C@@H](C)C(=O)N1CC(=O)Nc2ccccc21. The van der Waals surface area contributed by atoms with Crippen molar-refractivity contribution in [2.45, 2.75) is 37.8 Å². The minimum absolute atomic E-state index is 0.0125. The van der Waals surface area contributed by atoms with E-state index < -0.39 is 40.0 Å². The van der Waals surface area contributed by atoms with Crippen molar-refractivity contribution in [1.82, 2.24) is 4.72 Å². The van der Waals surface area contributed by atoms with Crippen molar-refractivity contribution in [3.8, 4) is 0 Å². The summed E-state index contributed by atoms with van der Waals surface area (Å²) in [6.07, 6.45) is -1.23. The van der Waals surface area contributed by atoms with Crippen LogP contribution in [0.2, 0.25) is 0 Å². The van der Waals surface area contributed by atoms with Crippen molar-refractivity contribution >= 4 is 39.2 Å². The molecule has 32 heavy (non-hydrogen) atoms. The Morgan fingerprint density at radius 2 is 1.66 bits per heavy atom. The lowest BCUT2D eigenvalue weighted by Crippen LogP contribution is -2.50. The van der Waals surface area contributed by atoms with Crippen LogP contribution in [-0.2, 0) is 29.1 Å². The maximum atomic E-state index is 13.0. The number of sulfonamides is 1. The first-order valence-corrected chi connectivity index (χ1v) is 11.6. The molecule has 0 aliphatic carbocycles. The van der Waals surface area contributed by atoms with Crippen LogP contribution in [0.15, 0.2) is 59.5 Å². The first-order valence-electron chi connectivity index (χ1n) is 10.1. The molecule has 1 aliphatic heterocycles. The van der Waals surface area contributed by atoms with Gasteiger partial charge in [0.15, 0.2) is 6.10 Å². The molecular formula is C22H25N3O6S. The third-order valence-electron chi connectivity index (χ3n) is 4.93. The molecule has 0 unspecified atom stereocenters. The zero-order valence-electron chi connectivity index (χ0n) is 17.9. The molecule has 2 atom stereocenters. The summed E-state index contributed by atoms with van der Waals surface area (Å²) in [4.78, 5) is 39.0. The minimum atomic E-state index is -3.97. The first-order chi connectivity index (χ1) is 15.1. The first kappa shape index (κ1) is 23.4. The van der Waals surface area contributed by atoms with Gasteiger partial charge in [-0.2, -0.15) is 4.72 Å². The Bertz CT molecular complexity index is 1120. The van der Waals surface area contributed by atoms with E-state index in [0.717, 1.165) is 0 Å². The smallest absolute Gasteiger partial charge is 0.325 e. The van der Waals surface area contributed by atoms with Gasteiger partial charge in [-0.25, -0.2) is 8.42 Å². The Balaban J connectivity index is 1.74. The van der Waals surface area contributed by atoms with Gasteiger partial charge in [-0.3, -0.25) is 19.3 Å². The fourth-order valence-electron chi connectivity index (χ4n) is 3.24. The van der Waals surface area contributed by atoms with E-state index in [1.807, 2.05) is 0 Å². The number of ether oxygens (including phenoxy) is 1. The predicted molar refractivity (Wildman–Crippen MR) is 118 cm³/mol. The number of nitrogens with one attached hydrogen (secondary N) is 2. The minimum Gasteiger partial charge on any atom is -0.451 e. The topological polar surface area (TPSA) is 122 Å². The van der Waals surface area contributed by atoms with Crippen molar-refractivity contribution in [3.05, 3.63) is 54.6 Å². The number of amides is 2. The number of esters is 1. The zero-order valence-corrected chi connectivity index (χ0v) is 18.8. The summed E-state index contributed by atoms with van der Waals surface area (Å²) in [6, 6.07) is 13.2. The highest BCUT2D eigenvalue weighted by molar-refractivity contribution is 7.89. The van der Waals surface area contributed by atoms with Gasteiger partial charge >= 0.3 is 5.97 Å². The molecular weight excluding hydrogens is 434 g/mol. The second-order valence-corrected chi connectivity index (χ2v) is 9.44. The van der Waals surface area contributed by atoms with E-state index in [4.69, 9.17) is 4.74 Å². The van der Waals surface area contributed by atoms with Crippen molar-refractivity contribution in [3.63, 3.8) is 0 Å². The van der Waals surface area contributed by atoms with Gasteiger partial charge in [-0.05, 0) is 37.1 Å². The molecule has 0 fully saturated rings. The van der Waals surface area contributed by atoms with Crippen LogP contribution in [-0.4, -0.2) is 44.9 Å². The normalized spacial score (nSPS) is 15.5. The lowest BCUT2D eigenvalue weighted by atomic mass is 10.1. The van der Waals surface area contributed by atoms with Gasteiger partial charge in [0.1, 0.15) is 12.6 Å². The van der Waals surface area contributed by atoms with Crippen molar-refractivity contribution in [1.29, 1.82) is 0 Å². The van der Waals surface area contributed by atoms with Crippen LogP contribution in [0.3, 0.4) is 0 Å². The number of nitrogens with zero attached hydrogens (tertiary/aromatic N) is 1. The lowest BCUT2D eigenvalue weighted by molar-refractivity contribution is -0.156. The molecule has 10 heteroatoms. The van der Waals surface area contributed by atoms with Crippen LogP contribution in [0.4, 0.5) is 11.4 Å². The molecule has 9 nitrogen and oxygen atoms in total. The number of carbonyl (C=O) groups excluding carboxylic acids is 3. The fraction of sp³-hybridized carbons (Fsp3) is 0.318. The summed E-state index contributed by atoms with van der Waals surface area (Å²) in [5, 5.41) is 2.68. The highest BCUT2D eigenvalue weighted by Gasteiger charge is 2.35. The molecule has 0 aromatic heterocycles. The van der Waals surface area contributed by atoms with Crippen molar-refractivity contribution in [2.24, 2.45) is 5.92 Å². The molecule has 0 saturated heterocycles. The predicted octanol–water partition coefficient (Wildman–Crippen LogP) is 1.91. The van der Waals surface area contributed by atoms with Crippen LogP contribution in [0.1, 0.15) is 20.8 Å². The van der Waals surface area contributed by atoms with E-state index in [9.17, 15) is 22.8 Å². The number of hydrogen-bond acceptors (Lipinski definition) is 6. The van der Waals surface area contributed by atoms with Gasteiger partial charge in [0.05, 0.1) is 16.3 Å². The monoisotopic (exact) mass is 459 g/mol. The maximum absolute atomic E-state index is 13.0. The van der Waals surface area contributed by atoms with Crippen molar-refractivity contribution in [2.75, 3.05) is 16.8 Å². The lowest BCUT2D eigenvalue weighted by Gasteiger charge is -2.31. The molecule has 0 spiro atoms. The number of benzene rings is 2. The van der Waals surface area contributed by atoms with E-state index in [-0.39, 0.29) is 17.3 Å². The van der Waals surface area contributed by atoms with E-state index in [1.165, 1.54) is 24.0 Å². The maximum Gasteiger partial charge on any atom is 0.325 e. The molecule has 2 amide bonds. The number of anilines is 2. The molecule has 0 saturated carbocycles. The summed E-state index contributed by atoms with van der Waals surface area (Å²) < 4.78 is 33.0. The zero-order chi connectivity index (χ0) is 23.5. The van der Waals surface area contributed by atoms with Gasteiger partial charge in [-0.15, -0.1) is 0 Å². The summed E-state index contributed by atoms with van der Waals surface area (Å²) in [7, 11) is -3.97. The number of fused-ring (bicyclic) bond motifs is 1.